The van der Waals surface area contributed by atoms with Crippen LogP contribution in [0.1, 0.15) is 17.9 Å². The molecule has 142 valence electrons. The van der Waals surface area contributed by atoms with Gasteiger partial charge in [-0.05, 0) is 31.5 Å². The Kier molecular flexibility index (Phi) is 6.25. The van der Waals surface area contributed by atoms with Crippen molar-refractivity contribution in [1.82, 2.24) is 25.2 Å². The highest BCUT2D eigenvalue weighted by atomic mass is 16.5. The number of guanidine groups is 1. The van der Waals surface area contributed by atoms with Crippen molar-refractivity contribution in [2.75, 3.05) is 20.7 Å². The van der Waals surface area contributed by atoms with Crippen LogP contribution >= 0.6 is 0 Å². The summed E-state index contributed by atoms with van der Waals surface area (Å²) in [6.45, 7) is 4.36. The van der Waals surface area contributed by atoms with Gasteiger partial charge in [-0.1, -0.05) is 18.2 Å². The molecule has 27 heavy (non-hydrogen) atoms. The van der Waals surface area contributed by atoms with E-state index in [1.165, 1.54) is 5.52 Å². The van der Waals surface area contributed by atoms with Gasteiger partial charge in [0.05, 0.1) is 30.4 Å². The molecule has 0 saturated carbocycles. The summed E-state index contributed by atoms with van der Waals surface area (Å²) >= 11 is 0. The second-order valence-corrected chi connectivity index (χ2v) is 6.18. The Hall–Kier alpha value is -3.09. The molecule has 0 bridgehead atoms. The smallest absolute Gasteiger partial charge is 0.213 e. The molecule has 0 aliphatic rings. The van der Waals surface area contributed by atoms with E-state index >= 15 is 0 Å². The lowest BCUT2D eigenvalue weighted by atomic mass is 10.3. The van der Waals surface area contributed by atoms with Crippen LogP contribution in [-0.4, -0.2) is 41.2 Å². The van der Waals surface area contributed by atoms with Crippen molar-refractivity contribution in [3.8, 4) is 5.88 Å². The minimum absolute atomic E-state index is 0.585. The molecule has 0 aliphatic carbocycles. The maximum atomic E-state index is 5.15. The number of aromatic nitrogens is 3. The third-order valence-corrected chi connectivity index (χ3v) is 4.35. The molecule has 0 saturated heterocycles. The molecule has 0 amide bonds. The average molecular weight is 366 g/mol. The molecule has 0 atom stereocenters. The molecule has 1 aromatic carbocycles. The van der Waals surface area contributed by atoms with Crippen LogP contribution in [0, 0.1) is 6.92 Å². The number of fused-ring (bicyclic) bond motifs is 1. The molecule has 0 spiro atoms. The first-order valence-corrected chi connectivity index (χ1v) is 9.07. The number of nitrogens with one attached hydrogen (secondary N) is 2. The molecule has 2 heterocycles. The maximum Gasteiger partial charge on any atom is 0.213 e. The van der Waals surface area contributed by atoms with Gasteiger partial charge < -0.3 is 19.9 Å². The van der Waals surface area contributed by atoms with Crippen LogP contribution in [0.4, 0.5) is 0 Å². The fourth-order valence-corrected chi connectivity index (χ4v) is 2.99. The van der Waals surface area contributed by atoms with Gasteiger partial charge in [0.15, 0.2) is 5.96 Å². The van der Waals surface area contributed by atoms with E-state index < -0.39 is 0 Å². The summed E-state index contributed by atoms with van der Waals surface area (Å²) in [5.74, 6) is 2.41. The monoisotopic (exact) mass is 366 g/mol. The fourth-order valence-electron chi connectivity index (χ4n) is 2.99. The number of nitrogens with zero attached hydrogens (tertiary/aromatic N) is 4. The number of para-hydroxylation sites is 2. The highest BCUT2D eigenvalue weighted by Crippen LogP contribution is 2.15. The van der Waals surface area contributed by atoms with Crippen LogP contribution in [-0.2, 0) is 13.1 Å². The number of imidazole rings is 1. The minimum Gasteiger partial charge on any atom is -0.481 e. The molecule has 7 nitrogen and oxygen atoms in total. The molecule has 3 rings (SSSR count). The van der Waals surface area contributed by atoms with Crippen molar-refractivity contribution in [1.29, 1.82) is 0 Å². The normalized spacial score (nSPS) is 11.6. The molecular weight excluding hydrogens is 340 g/mol. The van der Waals surface area contributed by atoms with Crippen LogP contribution in [0.15, 0.2) is 47.5 Å². The maximum absolute atomic E-state index is 5.15. The van der Waals surface area contributed by atoms with E-state index in [0.717, 1.165) is 42.5 Å². The number of methoxy groups -OCH3 is 1. The summed E-state index contributed by atoms with van der Waals surface area (Å²) in [5.41, 5.74) is 3.13. The van der Waals surface area contributed by atoms with Crippen molar-refractivity contribution in [2.24, 2.45) is 4.99 Å². The molecule has 0 fully saturated rings. The quantitative estimate of drug-likeness (QED) is 0.382. The number of ether oxygens (including phenoxy) is 1. The second kappa shape index (κ2) is 9.02. The van der Waals surface area contributed by atoms with Gasteiger partial charge in [-0.15, -0.1) is 0 Å². The Labute approximate surface area is 159 Å². The molecule has 2 aromatic heterocycles. The fraction of sp³-hybridized carbons (Fsp3) is 0.350. The van der Waals surface area contributed by atoms with Crippen LogP contribution in [0.3, 0.4) is 0 Å². The Morgan fingerprint density at radius 1 is 1.11 bits per heavy atom. The van der Waals surface area contributed by atoms with Crippen molar-refractivity contribution in [3.63, 3.8) is 0 Å². The van der Waals surface area contributed by atoms with E-state index in [2.05, 4.69) is 55.3 Å². The Morgan fingerprint density at radius 3 is 2.78 bits per heavy atom. The van der Waals surface area contributed by atoms with Crippen LogP contribution in [0.2, 0.25) is 0 Å². The summed E-state index contributed by atoms with van der Waals surface area (Å²) in [6, 6.07) is 14.0. The highest BCUT2D eigenvalue weighted by molar-refractivity contribution is 5.79. The SMILES string of the molecule is CN=C(NCCCn1c(C)nc2ccccc21)NCc1cccc(OC)n1. The van der Waals surface area contributed by atoms with E-state index in [-0.39, 0.29) is 0 Å². The van der Waals surface area contributed by atoms with E-state index in [1.807, 2.05) is 24.3 Å². The lowest BCUT2D eigenvalue weighted by Gasteiger charge is -2.13. The first kappa shape index (κ1) is 18.7. The lowest BCUT2D eigenvalue weighted by Crippen LogP contribution is -2.37. The van der Waals surface area contributed by atoms with Crippen LogP contribution in [0.5, 0.6) is 5.88 Å². The third kappa shape index (κ3) is 4.75. The summed E-state index contributed by atoms with van der Waals surface area (Å²) in [4.78, 5) is 13.3. The zero-order valence-electron chi connectivity index (χ0n) is 16.1. The zero-order valence-corrected chi connectivity index (χ0v) is 16.1. The van der Waals surface area contributed by atoms with E-state index in [1.54, 1.807) is 14.2 Å². The van der Waals surface area contributed by atoms with Gasteiger partial charge >= 0.3 is 0 Å². The zero-order chi connectivity index (χ0) is 19.1. The molecule has 2 N–H and O–H groups in total. The molecule has 0 unspecified atom stereocenters. The van der Waals surface area contributed by atoms with Crippen LogP contribution < -0.4 is 15.4 Å². The summed E-state index contributed by atoms with van der Waals surface area (Å²) in [5, 5.41) is 6.62. The average Bonchev–Trinajstić information content (AvgIpc) is 3.02. The molecule has 0 aliphatic heterocycles. The first-order chi connectivity index (χ1) is 13.2. The number of pyridine rings is 1. The Bertz CT molecular complexity index is 918. The molecule has 3 aromatic rings. The van der Waals surface area contributed by atoms with Crippen molar-refractivity contribution < 1.29 is 4.74 Å². The largest absolute Gasteiger partial charge is 0.481 e. The van der Waals surface area contributed by atoms with Gasteiger partial charge in [-0.25, -0.2) is 9.97 Å². The van der Waals surface area contributed by atoms with Gasteiger partial charge in [0, 0.05) is 26.2 Å². The van der Waals surface area contributed by atoms with Gasteiger partial charge in [0.25, 0.3) is 0 Å². The predicted octanol–water partition coefficient (Wildman–Crippen LogP) is 2.50. The summed E-state index contributed by atoms with van der Waals surface area (Å²) in [6.07, 6.45) is 0.972. The summed E-state index contributed by atoms with van der Waals surface area (Å²) in [7, 11) is 3.38. The van der Waals surface area contributed by atoms with Gasteiger partial charge in [-0.2, -0.15) is 0 Å². The number of rotatable bonds is 7. The van der Waals surface area contributed by atoms with Gasteiger partial charge in [0.2, 0.25) is 5.88 Å². The summed E-state index contributed by atoms with van der Waals surface area (Å²) < 4.78 is 7.41. The lowest BCUT2D eigenvalue weighted by molar-refractivity contribution is 0.396. The topological polar surface area (TPSA) is 76.4 Å². The van der Waals surface area contributed by atoms with Gasteiger partial charge in [-0.3, -0.25) is 4.99 Å². The number of aliphatic imine (C=N–C) groups is 1. The highest BCUT2D eigenvalue weighted by Gasteiger charge is 2.06. The van der Waals surface area contributed by atoms with Gasteiger partial charge in [0.1, 0.15) is 5.82 Å². The molecular formula is C20H26N6O. The predicted molar refractivity (Wildman–Crippen MR) is 108 cm³/mol. The Morgan fingerprint density at radius 2 is 1.96 bits per heavy atom. The van der Waals surface area contributed by atoms with E-state index in [4.69, 9.17) is 4.74 Å². The van der Waals surface area contributed by atoms with Crippen molar-refractivity contribution in [2.45, 2.75) is 26.4 Å². The van der Waals surface area contributed by atoms with E-state index in [0.29, 0.717) is 12.4 Å². The first-order valence-electron chi connectivity index (χ1n) is 9.07. The number of benzene rings is 1. The molecule has 0 radical (unpaired) electrons. The number of aryl methyl sites for hydroxylation is 2. The van der Waals surface area contributed by atoms with Crippen LogP contribution in [0.25, 0.3) is 11.0 Å². The third-order valence-electron chi connectivity index (χ3n) is 4.35. The number of hydrogen-bond acceptors (Lipinski definition) is 4. The van der Waals surface area contributed by atoms with Crippen molar-refractivity contribution >= 4 is 17.0 Å². The van der Waals surface area contributed by atoms with E-state index in [9.17, 15) is 0 Å². The molecule has 7 heteroatoms. The standard InChI is InChI=1S/C20H26N6O/c1-15-24-17-9-4-5-10-18(17)26(15)13-7-12-22-20(21-2)23-14-16-8-6-11-19(25-16)27-3/h4-6,8-11H,7,12-14H2,1-3H3,(H2,21,22,23). The Balaban J connectivity index is 1.47. The minimum atomic E-state index is 0.585. The van der Waals surface area contributed by atoms with Crippen molar-refractivity contribution in [3.05, 3.63) is 54.0 Å². The number of hydrogen-bond donors (Lipinski definition) is 2. The second-order valence-electron chi connectivity index (χ2n) is 6.18.